The van der Waals surface area contributed by atoms with Gasteiger partial charge in [0.15, 0.2) is 5.82 Å². The number of carbonyl (C=O) groups is 1. The second kappa shape index (κ2) is 8.81. The average Bonchev–Trinajstić information content (AvgIpc) is 3.08. The summed E-state index contributed by atoms with van der Waals surface area (Å²) in [5.41, 5.74) is 2.23. The molecule has 3 rings (SSSR count). The van der Waals surface area contributed by atoms with E-state index in [-0.39, 0.29) is 13.2 Å². The van der Waals surface area contributed by atoms with E-state index in [2.05, 4.69) is 27.5 Å². The summed E-state index contributed by atoms with van der Waals surface area (Å²) in [5, 5.41) is 36.8. The van der Waals surface area contributed by atoms with Crippen molar-refractivity contribution >= 4 is 28.5 Å². The number of nitrogens with zero attached hydrogens (tertiary/aromatic N) is 5. The number of rotatable bonds is 4. The first-order chi connectivity index (χ1) is 15.1. The van der Waals surface area contributed by atoms with Crippen LogP contribution in [0.1, 0.15) is 46.1 Å². The van der Waals surface area contributed by atoms with Crippen molar-refractivity contribution in [1.29, 1.82) is 10.5 Å². The number of allylic oxidation sites excluding steroid dienone is 2. The first kappa shape index (κ1) is 23.0. The summed E-state index contributed by atoms with van der Waals surface area (Å²) in [5.74, 6) is -0.668. The van der Waals surface area contributed by atoms with Gasteiger partial charge in [-0.3, -0.25) is 4.99 Å². The lowest BCUT2D eigenvalue weighted by Gasteiger charge is -2.26. The molecule has 9 heteroatoms. The van der Waals surface area contributed by atoms with Crippen molar-refractivity contribution in [2.24, 2.45) is 10.9 Å². The van der Waals surface area contributed by atoms with Gasteiger partial charge in [-0.2, -0.15) is 15.2 Å². The number of aromatic nitrogens is 2. The summed E-state index contributed by atoms with van der Waals surface area (Å²) in [6.45, 7) is 8.98. The summed E-state index contributed by atoms with van der Waals surface area (Å²) in [4.78, 5) is 17.1. The molecule has 1 aliphatic heterocycles. The SMILES string of the molecule is CC1=NC(C)=C(C#N)C(c2ccc3c(c2)c(NCCO)nn3C(=O)OC(C)(C)C)C1C#N. The third-order valence-corrected chi connectivity index (χ3v) is 5.12. The van der Waals surface area contributed by atoms with Crippen molar-refractivity contribution in [1.82, 2.24) is 9.78 Å². The van der Waals surface area contributed by atoms with Gasteiger partial charge in [0.2, 0.25) is 0 Å². The number of hydrogen-bond acceptors (Lipinski definition) is 8. The molecule has 166 valence electrons. The first-order valence-corrected chi connectivity index (χ1v) is 10.3. The molecule has 0 amide bonds. The molecule has 2 atom stereocenters. The van der Waals surface area contributed by atoms with E-state index in [1.54, 1.807) is 46.8 Å². The molecule has 1 aromatic heterocycles. The highest BCUT2D eigenvalue weighted by Crippen LogP contribution is 2.40. The van der Waals surface area contributed by atoms with Crippen LogP contribution in [-0.4, -0.2) is 45.4 Å². The van der Waals surface area contributed by atoms with E-state index >= 15 is 0 Å². The molecule has 0 fully saturated rings. The van der Waals surface area contributed by atoms with Gasteiger partial charge < -0.3 is 15.2 Å². The quantitative estimate of drug-likeness (QED) is 0.748. The highest BCUT2D eigenvalue weighted by atomic mass is 16.6. The molecular formula is C23H26N6O3. The van der Waals surface area contributed by atoms with Gasteiger partial charge >= 0.3 is 6.09 Å². The molecule has 32 heavy (non-hydrogen) atoms. The molecule has 2 heterocycles. The second-order valence-electron chi connectivity index (χ2n) is 8.62. The first-order valence-electron chi connectivity index (χ1n) is 10.3. The molecule has 0 saturated heterocycles. The van der Waals surface area contributed by atoms with Crippen LogP contribution in [0.15, 0.2) is 34.5 Å². The Morgan fingerprint density at radius 3 is 2.62 bits per heavy atom. The number of benzene rings is 1. The third-order valence-electron chi connectivity index (χ3n) is 5.12. The van der Waals surface area contributed by atoms with Crippen LogP contribution in [-0.2, 0) is 4.74 Å². The molecular weight excluding hydrogens is 408 g/mol. The number of aliphatic hydroxyl groups excluding tert-OH is 1. The largest absolute Gasteiger partial charge is 0.442 e. The summed E-state index contributed by atoms with van der Waals surface area (Å²) in [7, 11) is 0. The van der Waals surface area contributed by atoms with Crippen LogP contribution < -0.4 is 5.32 Å². The Bertz CT molecular complexity index is 1200. The molecule has 1 aliphatic rings. The maximum Gasteiger partial charge on any atom is 0.435 e. The van der Waals surface area contributed by atoms with E-state index in [9.17, 15) is 20.4 Å². The van der Waals surface area contributed by atoms with Crippen molar-refractivity contribution in [3.8, 4) is 12.1 Å². The molecule has 0 bridgehead atoms. The Balaban J connectivity index is 2.17. The van der Waals surface area contributed by atoms with Crippen LogP contribution in [0.3, 0.4) is 0 Å². The van der Waals surface area contributed by atoms with E-state index in [0.717, 1.165) is 5.56 Å². The standard InChI is InChI=1S/C23H26N6O3/c1-13-17(11-24)20(18(12-25)14(2)27-13)15-6-7-19-16(10-15)21(26-8-9-30)28-29(19)22(31)32-23(3,4)5/h6-7,10,17,20,30H,8-9H2,1-5H3,(H,26,28). The summed E-state index contributed by atoms with van der Waals surface area (Å²) >= 11 is 0. The van der Waals surface area contributed by atoms with Gasteiger partial charge in [0.1, 0.15) is 5.60 Å². The number of ether oxygens (including phenoxy) is 1. The molecule has 0 aliphatic carbocycles. The maximum atomic E-state index is 12.7. The number of fused-ring (bicyclic) bond motifs is 1. The fraction of sp³-hybridized carbons (Fsp3) is 0.435. The van der Waals surface area contributed by atoms with Gasteiger partial charge in [0.25, 0.3) is 0 Å². The zero-order valence-corrected chi connectivity index (χ0v) is 18.8. The van der Waals surface area contributed by atoms with Crippen LogP contribution in [0.4, 0.5) is 10.6 Å². The minimum absolute atomic E-state index is 0.115. The highest BCUT2D eigenvalue weighted by Gasteiger charge is 2.34. The van der Waals surface area contributed by atoms with E-state index in [1.807, 2.05) is 6.07 Å². The summed E-state index contributed by atoms with van der Waals surface area (Å²) in [6.07, 6.45) is -0.628. The monoisotopic (exact) mass is 434 g/mol. The maximum absolute atomic E-state index is 12.7. The summed E-state index contributed by atoms with van der Waals surface area (Å²) < 4.78 is 6.64. The smallest absolute Gasteiger partial charge is 0.435 e. The van der Waals surface area contributed by atoms with Crippen molar-refractivity contribution in [3.05, 3.63) is 35.0 Å². The Morgan fingerprint density at radius 1 is 1.31 bits per heavy atom. The molecule has 2 aromatic rings. The molecule has 9 nitrogen and oxygen atoms in total. The van der Waals surface area contributed by atoms with Crippen molar-refractivity contribution < 1.29 is 14.6 Å². The number of anilines is 1. The normalized spacial score (nSPS) is 18.7. The fourth-order valence-corrected chi connectivity index (χ4v) is 3.78. The van der Waals surface area contributed by atoms with Crippen molar-refractivity contribution in [2.45, 2.75) is 46.1 Å². The number of aliphatic hydroxyl groups is 1. The number of aliphatic imine (C=N–C) groups is 1. The predicted molar refractivity (Wildman–Crippen MR) is 120 cm³/mol. The molecule has 0 spiro atoms. The third kappa shape index (κ3) is 4.34. The van der Waals surface area contributed by atoms with E-state index in [0.29, 0.717) is 33.7 Å². The van der Waals surface area contributed by atoms with Gasteiger partial charge in [0.05, 0.1) is 41.5 Å². The Morgan fingerprint density at radius 2 is 2.03 bits per heavy atom. The molecule has 1 aromatic carbocycles. The number of carbonyl (C=O) groups excluding carboxylic acids is 1. The lowest BCUT2D eigenvalue weighted by atomic mass is 9.76. The molecule has 2 unspecified atom stereocenters. The van der Waals surface area contributed by atoms with Gasteiger partial charge in [-0.1, -0.05) is 6.07 Å². The average molecular weight is 435 g/mol. The highest BCUT2D eigenvalue weighted by molar-refractivity contribution is 5.97. The zero-order chi connectivity index (χ0) is 23.6. The Hall–Kier alpha value is -3.69. The minimum atomic E-state index is -0.697. The van der Waals surface area contributed by atoms with E-state index in [1.165, 1.54) is 4.68 Å². The van der Waals surface area contributed by atoms with Crippen LogP contribution in [0.25, 0.3) is 10.9 Å². The molecule has 0 saturated carbocycles. The lowest BCUT2D eigenvalue weighted by Crippen LogP contribution is -2.27. The van der Waals surface area contributed by atoms with Crippen LogP contribution in [0, 0.1) is 28.6 Å². The molecule has 2 N–H and O–H groups in total. The van der Waals surface area contributed by atoms with Crippen LogP contribution in [0.2, 0.25) is 0 Å². The number of nitriles is 2. The van der Waals surface area contributed by atoms with Gasteiger partial charge in [-0.25, -0.2) is 4.79 Å². The number of hydrogen-bond donors (Lipinski definition) is 2. The van der Waals surface area contributed by atoms with Gasteiger partial charge in [0, 0.05) is 23.6 Å². The van der Waals surface area contributed by atoms with Crippen molar-refractivity contribution in [2.75, 3.05) is 18.5 Å². The van der Waals surface area contributed by atoms with Crippen molar-refractivity contribution in [3.63, 3.8) is 0 Å². The Kier molecular flexibility index (Phi) is 6.33. The lowest BCUT2D eigenvalue weighted by molar-refractivity contribution is 0.0523. The van der Waals surface area contributed by atoms with Gasteiger partial charge in [-0.05, 0) is 52.3 Å². The topological polar surface area (TPSA) is 136 Å². The van der Waals surface area contributed by atoms with E-state index in [4.69, 9.17) is 4.74 Å². The minimum Gasteiger partial charge on any atom is -0.442 e. The zero-order valence-electron chi connectivity index (χ0n) is 18.8. The van der Waals surface area contributed by atoms with Crippen LogP contribution in [0.5, 0.6) is 0 Å². The Labute approximate surface area is 186 Å². The summed E-state index contributed by atoms with van der Waals surface area (Å²) in [6, 6.07) is 9.82. The van der Waals surface area contributed by atoms with E-state index < -0.39 is 23.5 Å². The predicted octanol–water partition coefficient (Wildman–Crippen LogP) is 3.72. The van der Waals surface area contributed by atoms with Gasteiger partial charge in [-0.15, -0.1) is 5.10 Å². The van der Waals surface area contributed by atoms with Crippen LogP contribution >= 0.6 is 0 Å². The fourth-order valence-electron chi connectivity index (χ4n) is 3.78. The molecule has 0 radical (unpaired) electrons. The number of nitrogens with one attached hydrogen (secondary N) is 1. The second-order valence-corrected chi connectivity index (χ2v) is 8.62.